The molecule has 3 aromatic carbocycles. The molecule has 4 saturated carbocycles. The van der Waals surface area contributed by atoms with Gasteiger partial charge in [0, 0.05) is 0 Å². The van der Waals surface area contributed by atoms with Gasteiger partial charge in [0.2, 0.25) is 0 Å². The molecule has 5 aliphatic rings. The summed E-state index contributed by atoms with van der Waals surface area (Å²) in [6.45, 7) is 0.225. The summed E-state index contributed by atoms with van der Waals surface area (Å²) in [5, 5.41) is 3.23. The first kappa shape index (κ1) is 30.6. The van der Waals surface area contributed by atoms with Crippen LogP contribution in [0.4, 0.5) is 10.5 Å². The number of hydrogen-bond donors (Lipinski definition) is 1. The van der Waals surface area contributed by atoms with Crippen molar-refractivity contribution in [2.24, 2.45) is 17.8 Å². The van der Waals surface area contributed by atoms with Crippen LogP contribution in [0.3, 0.4) is 0 Å². The van der Waals surface area contributed by atoms with Gasteiger partial charge in [-0.05, 0) is 143 Å². The van der Waals surface area contributed by atoms with Gasteiger partial charge in [-0.15, -0.1) is 0 Å². The van der Waals surface area contributed by atoms with Gasteiger partial charge in [0.25, 0.3) is 11.8 Å². The maximum atomic E-state index is 13.7. The summed E-state index contributed by atoms with van der Waals surface area (Å²) in [5.41, 5.74) is 3.16. The normalized spacial score (nSPS) is 26.4. The lowest BCUT2D eigenvalue weighted by Gasteiger charge is -2.57. The first-order valence-electron chi connectivity index (χ1n) is 15.1. The summed E-state index contributed by atoms with van der Waals surface area (Å²) < 4.78 is 12.3. The van der Waals surface area contributed by atoms with Crippen LogP contribution in [0.15, 0.2) is 60.2 Å². The number of anilines is 1. The number of carbonyl (C=O) groups excluding carboxylic acids is 3. The Morgan fingerprint density at radius 1 is 0.933 bits per heavy atom. The fourth-order valence-electron chi connectivity index (χ4n) is 8.23. The Hall–Kier alpha value is -3.08. The van der Waals surface area contributed by atoms with Gasteiger partial charge >= 0.3 is 6.03 Å². The molecule has 0 radical (unpaired) electrons. The zero-order chi connectivity index (χ0) is 31.5. The molecule has 10 heteroatoms. The minimum atomic E-state index is -0.761. The first-order chi connectivity index (χ1) is 21.6. The van der Waals surface area contributed by atoms with E-state index in [1.807, 2.05) is 18.2 Å². The highest BCUT2D eigenvalue weighted by molar-refractivity contribution is 14.1. The molecule has 4 bridgehead atoms. The van der Waals surface area contributed by atoms with E-state index in [9.17, 15) is 14.4 Å². The summed E-state index contributed by atoms with van der Waals surface area (Å²) in [6, 6.07) is 15.8. The number of nitrogens with one attached hydrogen (secondary N) is 1. The lowest BCUT2D eigenvalue weighted by Crippen LogP contribution is -2.54. The third-order valence-electron chi connectivity index (χ3n) is 9.81. The van der Waals surface area contributed by atoms with E-state index < -0.39 is 17.8 Å². The van der Waals surface area contributed by atoms with Crippen molar-refractivity contribution in [3.63, 3.8) is 0 Å². The molecule has 4 aliphatic carbocycles. The summed E-state index contributed by atoms with van der Waals surface area (Å²) in [5.74, 6) is 1.94. The van der Waals surface area contributed by atoms with Crippen LogP contribution < -0.4 is 19.7 Å². The summed E-state index contributed by atoms with van der Waals surface area (Å²) in [7, 11) is 1.51. The Labute approximate surface area is 285 Å². The van der Waals surface area contributed by atoms with Crippen molar-refractivity contribution < 1.29 is 23.9 Å². The number of carbonyl (C=O) groups is 3. The molecule has 5 fully saturated rings. The van der Waals surface area contributed by atoms with Crippen molar-refractivity contribution in [1.82, 2.24) is 5.32 Å². The van der Waals surface area contributed by atoms with Crippen LogP contribution in [0.2, 0.25) is 10.0 Å². The highest BCUT2D eigenvalue weighted by Crippen LogP contribution is 2.60. The standard InChI is InChI=1S/C35H31Cl2IN2O5/c1-44-30-14-20(13-29(38)31(30)45-18-19-2-7-27(36)28(37)12-19)11-26-32(41)39-34(43)40(33(26)42)25-5-3-24(4-6-25)35-15-21-8-22(16-35)10-23(9-21)17-35/h2-7,11-14,21-23H,8-10,15-18H2,1H3,(H,39,41,43)/b26-11+. The first-order valence-corrected chi connectivity index (χ1v) is 16.9. The van der Waals surface area contributed by atoms with Crippen LogP contribution in [0.5, 0.6) is 11.5 Å². The minimum Gasteiger partial charge on any atom is -0.493 e. The van der Waals surface area contributed by atoms with Crippen molar-refractivity contribution in [2.75, 3.05) is 12.0 Å². The van der Waals surface area contributed by atoms with E-state index >= 15 is 0 Å². The highest BCUT2D eigenvalue weighted by Gasteiger charge is 2.51. The maximum Gasteiger partial charge on any atom is 0.335 e. The molecule has 0 spiro atoms. The molecular weight excluding hydrogens is 726 g/mol. The van der Waals surface area contributed by atoms with E-state index in [1.54, 1.807) is 24.3 Å². The van der Waals surface area contributed by atoms with Crippen molar-refractivity contribution in [2.45, 2.75) is 50.5 Å². The van der Waals surface area contributed by atoms with E-state index in [-0.39, 0.29) is 17.6 Å². The second-order valence-corrected chi connectivity index (χ2v) is 14.8. The maximum absolute atomic E-state index is 13.7. The van der Waals surface area contributed by atoms with E-state index in [1.165, 1.54) is 57.3 Å². The largest absolute Gasteiger partial charge is 0.493 e. The number of benzene rings is 3. The molecule has 0 unspecified atom stereocenters. The highest BCUT2D eigenvalue weighted by atomic mass is 127. The van der Waals surface area contributed by atoms with Crippen molar-refractivity contribution in [3.8, 4) is 11.5 Å². The van der Waals surface area contributed by atoms with Crippen LogP contribution in [0.25, 0.3) is 6.08 Å². The average Bonchev–Trinajstić information content (AvgIpc) is 2.99. The van der Waals surface area contributed by atoms with Crippen molar-refractivity contribution in [1.29, 1.82) is 0 Å². The van der Waals surface area contributed by atoms with E-state index in [4.69, 9.17) is 32.7 Å². The van der Waals surface area contributed by atoms with Gasteiger partial charge in [-0.3, -0.25) is 14.9 Å². The molecule has 1 aliphatic heterocycles. The Balaban J connectivity index is 1.12. The summed E-state index contributed by atoms with van der Waals surface area (Å²) in [4.78, 5) is 40.6. The molecule has 1 saturated heterocycles. The Kier molecular flexibility index (Phi) is 8.11. The van der Waals surface area contributed by atoms with Gasteiger partial charge in [-0.1, -0.05) is 41.4 Å². The fourth-order valence-corrected chi connectivity index (χ4v) is 9.34. The van der Waals surface area contributed by atoms with Crippen LogP contribution in [-0.2, 0) is 21.6 Å². The van der Waals surface area contributed by atoms with E-state index in [2.05, 4.69) is 40.0 Å². The number of rotatable bonds is 7. The van der Waals surface area contributed by atoms with Crippen molar-refractivity contribution >= 4 is 75.4 Å². The topological polar surface area (TPSA) is 84.9 Å². The number of amides is 4. The lowest BCUT2D eigenvalue weighted by atomic mass is 9.48. The van der Waals surface area contributed by atoms with Gasteiger partial charge in [-0.2, -0.15) is 0 Å². The number of hydrogen-bond acceptors (Lipinski definition) is 5. The summed E-state index contributed by atoms with van der Waals surface area (Å²) in [6.07, 6.45) is 9.24. The Morgan fingerprint density at radius 3 is 2.22 bits per heavy atom. The van der Waals surface area contributed by atoms with Crippen LogP contribution in [-0.4, -0.2) is 25.0 Å². The molecule has 0 atom stereocenters. The second kappa shape index (κ2) is 11.9. The molecular formula is C35H31Cl2IN2O5. The molecule has 4 amide bonds. The number of halogens is 3. The van der Waals surface area contributed by atoms with Crippen LogP contribution >= 0.6 is 45.8 Å². The molecule has 7 nitrogen and oxygen atoms in total. The van der Waals surface area contributed by atoms with Gasteiger partial charge in [0.05, 0.1) is 26.4 Å². The monoisotopic (exact) mass is 756 g/mol. The smallest absolute Gasteiger partial charge is 0.335 e. The van der Waals surface area contributed by atoms with Gasteiger partial charge in [0.1, 0.15) is 12.2 Å². The Bertz CT molecular complexity index is 1720. The van der Waals surface area contributed by atoms with Gasteiger partial charge < -0.3 is 9.47 Å². The number of urea groups is 1. The van der Waals surface area contributed by atoms with Gasteiger partial charge in [0.15, 0.2) is 11.5 Å². The molecule has 232 valence electrons. The molecule has 1 N–H and O–H groups in total. The third kappa shape index (κ3) is 5.74. The van der Waals surface area contributed by atoms with E-state index in [0.29, 0.717) is 36.4 Å². The van der Waals surface area contributed by atoms with Gasteiger partial charge in [-0.25, -0.2) is 9.69 Å². The number of barbiturate groups is 1. The predicted molar refractivity (Wildman–Crippen MR) is 182 cm³/mol. The minimum absolute atomic E-state index is 0.151. The van der Waals surface area contributed by atoms with Crippen LogP contribution in [0.1, 0.15) is 55.2 Å². The fraction of sp³-hybridized carbons (Fsp3) is 0.343. The molecule has 45 heavy (non-hydrogen) atoms. The zero-order valence-electron chi connectivity index (χ0n) is 24.6. The second-order valence-electron chi connectivity index (χ2n) is 12.8. The SMILES string of the molecule is COc1cc(/C=C2\C(=O)NC(=O)N(c3ccc(C45CC6CC(CC(C6)C4)C5)cc3)C2=O)cc(I)c1OCc1ccc(Cl)c(Cl)c1. The molecule has 0 aromatic heterocycles. The van der Waals surface area contributed by atoms with Crippen molar-refractivity contribution in [3.05, 3.63) is 90.5 Å². The number of ether oxygens (including phenoxy) is 2. The molecule has 8 rings (SSSR count). The quantitative estimate of drug-likeness (QED) is 0.149. The number of methoxy groups -OCH3 is 1. The summed E-state index contributed by atoms with van der Waals surface area (Å²) >= 11 is 14.3. The number of nitrogens with zero attached hydrogens (tertiary/aromatic N) is 1. The predicted octanol–water partition coefficient (Wildman–Crippen LogP) is 8.32. The average molecular weight is 757 g/mol. The van der Waals surface area contributed by atoms with Crippen LogP contribution in [0, 0.1) is 21.3 Å². The zero-order valence-corrected chi connectivity index (χ0v) is 28.2. The third-order valence-corrected chi connectivity index (χ3v) is 11.3. The Morgan fingerprint density at radius 2 is 1.60 bits per heavy atom. The number of imide groups is 2. The molecule has 3 aromatic rings. The van der Waals surface area contributed by atoms with E-state index in [0.717, 1.165) is 28.2 Å². The lowest BCUT2D eigenvalue weighted by molar-refractivity contribution is -0.122. The molecule has 1 heterocycles.